The lowest BCUT2D eigenvalue weighted by Crippen LogP contribution is -2.47. The SMILES string of the molecule is Cc1ccc(N([C@@H](C)C(=O)NCc2ccc(N3CCCC3)cc2)S(C)(=O)=O)cc1C. The van der Waals surface area contributed by atoms with Gasteiger partial charge in [0, 0.05) is 25.3 Å². The molecule has 0 aromatic heterocycles. The number of anilines is 2. The maximum absolute atomic E-state index is 12.8. The van der Waals surface area contributed by atoms with E-state index in [1.165, 1.54) is 22.8 Å². The molecule has 1 fully saturated rings. The first-order valence-corrected chi connectivity index (χ1v) is 12.2. The van der Waals surface area contributed by atoms with Crippen LogP contribution in [0.3, 0.4) is 0 Å². The predicted molar refractivity (Wildman–Crippen MR) is 122 cm³/mol. The molecule has 0 radical (unpaired) electrons. The zero-order valence-electron chi connectivity index (χ0n) is 18.2. The number of nitrogens with zero attached hydrogens (tertiary/aromatic N) is 2. The fraction of sp³-hybridized carbons (Fsp3) is 0.435. The average Bonchev–Trinajstić information content (AvgIpc) is 3.23. The fourth-order valence-corrected chi connectivity index (χ4v) is 4.97. The van der Waals surface area contributed by atoms with Crippen molar-refractivity contribution in [3.8, 4) is 0 Å². The molecule has 30 heavy (non-hydrogen) atoms. The summed E-state index contributed by atoms with van der Waals surface area (Å²) in [4.78, 5) is 15.1. The first-order chi connectivity index (χ1) is 14.2. The second-order valence-electron chi connectivity index (χ2n) is 8.08. The second kappa shape index (κ2) is 9.08. The van der Waals surface area contributed by atoms with Crippen LogP contribution < -0.4 is 14.5 Å². The molecule has 2 aromatic rings. The van der Waals surface area contributed by atoms with Crippen LogP contribution in [-0.2, 0) is 21.4 Å². The molecule has 2 aromatic carbocycles. The first kappa shape index (κ1) is 22.2. The molecule has 6 nitrogen and oxygen atoms in total. The van der Waals surface area contributed by atoms with Gasteiger partial charge in [0.05, 0.1) is 11.9 Å². The van der Waals surface area contributed by atoms with Crippen molar-refractivity contribution in [2.75, 3.05) is 28.6 Å². The molecule has 162 valence electrons. The summed E-state index contributed by atoms with van der Waals surface area (Å²) in [7, 11) is -3.62. The number of hydrogen-bond acceptors (Lipinski definition) is 4. The molecule has 0 spiro atoms. The third-order valence-corrected chi connectivity index (χ3v) is 6.95. The average molecular weight is 430 g/mol. The molecule has 1 atom stereocenters. The van der Waals surface area contributed by atoms with E-state index in [0.717, 1.165) is 36.0 Å². The summed E-state index contributed by atoms with van der Waals surface area (Å²) in [6, 6.07) is 12.7. The molecule has 1 aliphatic heterocycles. The van der Waals surface area contributed by atoms with Gasteiger partial charge in [-0.3, -0.25) is 9.10 Å². The van der Waals surface area contributed by atoms with Crippen molar-refractivity contribution in [3.05, 3.63) is 59.2 Å². The van der Waals surface area contributed by atoms with Gasteiger partial charge in [-0.05, 0) is 74.6 Å². The monoisotopic (exact) mass is 429 g/mol. The molecule has 3 rings (SSSR count). The smallest absolute Gasteiger partial charge is 0.243 e. The minimum atomic E-state index is -3.62. The molecule has 7 heteroatoms. The number of rotatable bonds is 7. The summed E-state index contributed by atoms with van der Waals surface area (Å²) in [5.41, 5.74) is 4.73. The Morgan fingerprint density at radius 2 is 1.70 bits per heavy atom. The van der Waals surface area contributed by atoms with Crippen LogP contribution in [0.1, 0.15) is 36.5 Å². The van der Waals surface area contributed by atoms with Gasteiger partial charge in [0.25, 0.3) is 0 Å². The van der Waals surface area contributed by atoms with Gasteiger partial charge in [0.15, 0.2) is 0 Å². The van der Waals surface area contributed by atoms with E-state index in [2.05, 4.69) is 22.3 Å². The second-order valence-corrected chi connectivity index (χ2v) is 9.94. The highest BCUT2D eigenvalue weighted by Crippen LogP contribution is 2.24. The summed E-state index contributed by atoms with van der Waals surface area (Å²) in [6.07, 6.45) is 3.59. The van der Waals surface area contributed by atoms with Gasteiger partial charge in [-0.25, -0.2) is 8.42 Å². The summed E-state index contributed by atoms with van der Waals surface area (Å²) in [6.45, 7) is 8.04. The minimum absolute atomic E-state index is 0.331. The Labute approximate surface area is 179 Å². The zero-order chi connectivity index (χ0) is 21.9. The van der Waals surface area contributed by atoms with Gasteiger partial charge in [0.2, 0.25) is 15.9 Å². The number of aryl methyl sites for hydroxylation is 2. The van der Waals surface area contributed by atoms with Crippen LogP contribution in [0.25, 0.3) is 0 Å². The Kier molecular flexibility index (Phi) is 6.71. The maximum Gasteiger partial charge on any atom is 0.243 e. The van der Waals surface area contributed by atoms with Gasteiger partial charge < -0.3 is 10.2 Å². The third kappa shape index (κ3) is 5.14. The Morgan fingerprint density at radius 1 is 1.07 bits per heavy atom. The van der Waals surface area contributed by atoms with Crippen molar-refractivity contribution in [3.63, 3.8) is 0 Å². The Balaban J connectivity index is 1.68. The molecular weight excluding hydrogens is 398 g/mol. The van der Waals surface area contributed by atoms with Crippen LogP contribution in [0.15, 0.2) is 42.5 Å². The zero-order valence-corrected chi connectivity index (χ0v) is 19.0. The maximum atomic E-state index is 12.8. The van der Waals surface area contributed by atoms with Gasteiger partial charge >= 0.3 is 0 Å². The Hall–Kier alpha value is -2.54. The highest BCUT2D eigenvalue weighted by molar-refractivity contribution is 7.92. The van der Waals surface area contributed by atoms with Crippen molar-refractivity contribution >= 4 is 27.3 Å². The summed E-state index contributed by atoms with van der Waals surface area (Å²) >= 11 is 0. The lowest BCUT2D eigenvalue weighted by atomic mass is 10.1. The van der Waals surface area contributed by atoms with Crippen molar-refractivity contribution in [2.24, 2.45) is 0 Å². The largest absolute Gasteiger partial charge is 0.372 e. The van der Waals surface area contributed by atoms with Gasteiger partial charge in [-0.2, -0.15) is 0 Å². The quantitative estimate of drug-likeness (QED) is 0.733. The van der Waals surface area contributed by atoms with Gasteiger partial charge in [0.1, 0.15) is 6.04 Å². The van der Waals surface area contributed by atoms with E-state index in [9.17, 15) is 13.2 Å². The molecule has 0 unspecified atom stereocenters. The molecule has 1 N–H and O–H groups in total. The van der Waals surface area contributed by atoms with Crippen LogP contribution in [0.4, 0.5) is 11.4 Å². The molecule has 1 saturated heterocycles. The van der Waals surface area contributed by atoms with Crippen LogP contribution in [-0.4, -0.2) is 39.7 Å². The molecule has 0 aliphatic carbocycles. The number of carbonyl (C=O) groups is 1. The fourth-order valence-electron chi connectivity index (χ4n) is 3.81. The molecular formula is C23H31N3O3S. The number of hydrogen-bond donors (Lipinski definition) is 1. The van der Waals surface area contributed by atoms with Crippen LogP contribution in [0.2, 0.25) is 0 Å². The van der Waals surface area contributed by atoms with Crippen LogP contribution >= 0.6 is 0 Å². The van der Waals surface area contributed by atoms with Gasteiger partial charge in [-0.15, -0.1) is 0 Å². The summed E-state index contributed by atoms with van der Waals surface area (Å²) in [5, 5.41) is 2.88. The van der Waals surface area contributed by atoms with Crippen molar-refractivity contribution in [1.29, 1.82) is 0 Å². The lowest BCUT2D eigenvalue weighted by Gasteiger charge is -2.28. The molecule has 0 bridgehead atoms. The first-order valence-electron chi connectivity index (χ1n) is 10.3. The number of amides is 1. The normalized spacial score (nSPS) is 15.1. The van der Waals surface area contributed by atoms with E-state index >= 15 is 0 Å². The highest BCUT2D eigenvalue weighted by atomic mass is 32.2. The standard InChI is InChI=1S/C23H31N3O3S/c1-17-7-10-22(15-18(17)2)26(30(4,28)29)19(3)23(27)24-16-20-8-11-21(12-9-20)25-13-5-6-14-25/h7-12,15,19H,5-6,13-14,16H2,1-4H3,(H,24,27)/t19-/m0/s1. The van der Waals surface area contributed by atoms with Gasteiger partial charge in [-0.1, -0.05) is 18.2 Å². The summed E-state index contributed by atoms with van der Waals surface area (Å²) in [5.74, 6) is -0.331. The lowest BCUT2D eigenvalue weighted by molar-refractivity contribution is -0.122. The van der Waals surface area contributed by atoms with E-state index in [-0.39, 0.29) is 5.91 Å². The van der Waals surface area contributed by atoms with E-state index in [1.54, 1.807) is 19.1 Å². The van der Waals surface area contributed by atoms with E-state index < -0.39 is 16.1 Å². The topological polar surface area (TPSA) is 69.7 Å². The Morgan fingerprint density at radius 3 is 2.27 bits per heavy atom. The molecule has 0 saturated carbocycles. The summed E-state index contributed by atoms with van der Waals surface area (Å²) < 4.78 is 26.1. The molecule has 1 aliphatic rings. The van der Waals surface area contributed by atoms with E-state index in [4.69, 9.17) is 0 Å². The van der Waals surface area contributed by atoms with Crippen LogP contribution in [0.5, 0.6) is 0 Å². The van der Waals surface area contributed by atoms with Crippen molar-refractivity contribution < 1.29 is 13.2 Å². The van der Waals surface area contributed by atoms with E-state index in [0.29, 0.717) is 12.2 Å². The van der Waals surface area contributed by atoms with E-state index in [1.807, 2.05) is 32.0 Å². The van der Waals surface area contributed by atoms with Crippen LogP contribution in [0, 0.1) is 13.8 Å². The number of benzene rings is 2. The third-order valence-electron chi connectivity index (χ3n) is 5.71. The van der Waals surface area contributed by atoms with Crippen molar-refractivity contribution in [1.82, 2.24) is 5.32 Å². The van der Waals surface area contributed by atoms with Crippen molar-refractivity contribution in [2.45, 2.75) is 46.2 Å². The number of sulfonamides is 1. The molecule has 1 amide bonds. The molecule has 1 heterocycles. The highest BCUT2D eigenvalue weighted by Gasteiger charge is 2.29. The Bertz CT molecular complexity index is 997. The number of carbonyl (C=O) groups excluding carboxylic acids is 1. The number of nitrogens with one attached hydrogen (secondary N) is 1. The predicted octanol–water partition coefficient (Wildman–Crippen LogP) is 3.37. The minimum Gasteiger partial charge on any atom is -0.372 e.